The van der Waals surface area contributed by atoms with Crippen LogP contribution in [0.5, 0.6) is 0 Å². The molecule has 16 heavy (non-hydrogen) atoms. The molecule has 0 saturated heterocycles. The highest BCUT2D eigenvalue weighted by molar-refractivity contribution is 6.29. The molecule has 0 saturated carbocycles. The van der Waals surface area contributed by atoms with Crippen molar-refractivity contribution in [2.24, 2.45) is 5.16 Å². The molecule has 0 radical (unpaired) electrons. The molecule has 0 atom stereocenters. The number of rotatable bonds is 4. The first kappa shape index (κ1) is 12.4. The normalized spacial score (nSPS) is 11.2. The molecule has 0 fully saturated rings. The number of ether oxygens (including phenoxy) is 1. The summed E-state index contributed by atoms with van der Waals surface area (Å²) in [6.45, 7) is 0. The molecule has 0 aromatic carbocycles. The van der Waals surface area contributed by atoms with Crippen molar-refractivity contribution in [2.45, 2.75) is 12.8 Å². The number of methoxy groups -OCH3 is 1. The maximum atomic E-state index is 10.9. The summed E-state index contributed by atoms with van der Waals surface area (Å²) in [7, 11) is 1.31. The van der Waals surface area contributed by atoms with E-state index in [0.29, 0.717) is 16.4 Å². The van der Waals surface area contributed by atoms with E-state index >= 15 is 0 Å². The van der Waals surface area contributed by atoms with Gasteiger partial charge in [0.25, 0.3) is 0 Å². The Morgan fingerprint density at radius 1 is 1.56 bits per heavy atom. The predicted octanol–water partition coefficient (Wildman–Crippen LogP) is 1.87. The van der Waals surface area contributed by atoms with E-state index in [0.717, 1.165) is 0 Å². The van der Waals surface area contributed by atoms with Gasteiger partial charge in [-0.15, -0.1) is 0 Å². The molecule has 0 amide bonds. The van der Waals surface area contributed by atoms with E-state index in [1.165, 1.54) is 13.3 Å². The quantitative estimate of drug-likeness (QED) is 0.288. The number of nitrogens with zero attached hydrogens (tertiary/aromatic N) is 2. The molecule has 0 unspecified atom stereocenters. The van der Waals surface area contributed by atoms with E-state index in [2.05, 4.69) is 14.9 Å². The Balaban J connectivity index is 2.69. The Hall–Kier alpha value is -1.62. The lowest BCUT2D eigenvalue weighted by atomic mass is 10.1. The maximum Gasteiger partial charge on any atom is 0.305 e. The lowest BCUT2D eigenvalue weighted by Gasteiger charge is -2.03. The standard InChI is InChI=1S/C10H11ClN2O3/c1-16-10(14)5-3-8(13-15)7-2-4-9(11)12-6-7/h2,4,6,15H,3,5H2,1H3/b13-8-. The molecule has 0 aliphatic heterocycles. The van der Waals surface area contributed by atoms with Crippen LogP contribution in [-0.4, -0.2) is 29.0 Å². The number of carbonyl (C=O) groups excluding carboxylic acids is 1. The zero-order valence-electron chi connectivity index (χ0n) is 8.68. The number of oxime groups is 1. The highest BCUT2D eigenvalue weighted by Crippen LogP contribution is 2.09. The van der Waals surface area contributed by atoms with E-state index in [4.69, 9.17) is 16.8 Å². The molecule has 0 spiro atoms. The average Bonchev–Trinajstić information content (AvgIpc) is 2.31. The first-order chi connectivity index (χ1) is 7.67. The fraction of sp³-hybridized carbons (Fsp3) is 0.300. The second-order valence-electron chi connectivity index (χ2n) is 2.99. The van der Waals surface area contributed by atoms with Crippen molar-refractivity contribution >= 4 is 23.3 Å². The molecule has 5 nitrogen and oxygen atoms in total. The van der Waals surface area contributed by atoms with Gasteiger partial charge in [0, 0.05) is 18.2 Å². The van der Waals surface area contributed by atoms with Crippen molar-refractivity contribution < 1.29 is 14.7 Å². The zero-order valence-corrected chi connectivity index (χ0v) is 9.44. The van der Waals surface area contributed by atoms with Gasteiger partial charge in [0.05, 0.1) is 19.2 Å². The number of esters is 1. The predicted molar refractivity (Wildman–Crippen MR) is 58.8 cm³/mol. The third kappa shape index (κ3) is 3.51. The van der Waals surface area contributed by atoms with Crippen LogP contribution in [0.2, 0.25) is 5.15 Å². The number of hydrogen-bond donors (Lipinski definition) is 1. The van der Waals surface area contributed by atoms with E-state index in [1.807, 2.05) is 0 Å². The van der Waals surface area contributed by atoms with Gasteiger partial charge in [-0.3, -0.25) is 4.79 Å². The molecule has 6 heteroatoms. The Bertz CT molecular complexity index is 390. The lowest BCUT2D eigenvalue weighted by molar-refractivity contribution is -0.140. The maximum absolute atomic E-state index is 10.9. The summed E-state index contributed by atoms with van der Waals surface area (Å²) in [4.78, 5) is 14.8. The SMILES string of the molecule is COC(=O)CC/C(=N/O)c1ccc(Cl)nc1. The summed E-state index contributed by atoms with van der Waals surface area (Å²) < 4.78 is 4.49. The summed E-state index contributed by atoms with van der Waals surface area (Å²) in [6.07, 6.45) is 1.92. The van der Waals surface area contributed by atoms with Crippen LogP contribution in [0, 0.1) is 0 Å². The molecule has 1 aromatic heterocycles. The Morgan fingerprint density at radius 2 is 2.31 bits per heavy atom. The van der Waals surface area contributed by atoms with Gasteiger partial charge in [-0.05, 0) is 12.1 Å². The third-order valence-corrected chi connectivity index (χ3v) is 2.20. The van der Waals surface area contributed by atoms with Crippen LogP contribution in [-0.2, 0) is 9.53 Å². The molecular weight excluding hydrogens is 232 g/mol. The minimum Gasteiger partial charge on any atom is -0.469 e. The van der Waals surface area contributed by atoms with Gasteiger partial charge in [0.1, 0.15) is 5.15 Å². The Labute approximate surface area is 97.7 Å². The van der Waals surface area contributed by atoms with Gasteiger partial charge in [-0.1, -0.05) is 16.8 Å². The van der Waals surface area contributed by atoms with Gasteiger partial charge in [-0.25, -0.2) is 4.98 Å². The number of pyridine rings is 1. The average molecular weight is 243 g/mol. The number of halogens is 1. The lowest BCUT2D eigenvalue weighted by Crippen LogP contribution is -2.07. The summed E-state index contributed by atoms with van der Waals surface area (Å²) in [5, 5.41) is 12.3. The topological polar surface area (TPSA) is 71.8 Å². The fourth-order valence-electron chi connectivity index (χ4n) is 1.12. The van der Waals surface area contributed by atoms with Crippen LogP contribution in [0.4, 0.5) is 0 Å². The molecule has 0 bridgehead atoms. The zero-order chi connectivity index (χ0) is 12.0. The summed E-state index contributed by atoms with van der Waals surface area (Å²) in [5.74, 6) is -0.358. The molecular formula is C10H11ClN2O3. The van der Waals surface area contributed by atoms with Gasteiger partial charge >= 0.3 is 5.97 Å². The molecule has 86 valence electrons. The Morgan fingerprint density at radius 3 is 2.81 bits per heavy atom. The van der Waals surface area contributed by atoms with Crippen molar-refractivity contribution in [1.82, 2.24) is 4.98 Å². The largest absolute Gasteiger partial charge is 0.469 e. The van der Waals surface area contributed by atoms with Gasteiger partial charge in [0.2, 0.25) is 0 Å². The van der Waals surface area contributed by atoms with E-state index in [-0.39, 0.29) is 18.8 Å². The van der Waals surface area contributed by atoms with Crippen LogP contribution in [0.25, 0.3) is 0 Å². The molecule has 1 N–H and O–H groups in total. The molecule has 1 heterocycles. The molecule has 1 rings (SSSR count). The molecule has 0 aliphatic carbocycles. The second-order valence-corrected chi connectivity index (χ2v) is 3.38. The van der Waals surface area contributed by atoms with Crippen molar-refractivity contribution in [3.63, 3.8) is 0 Å². The number of hydrogen-bond acceptors (Lipinski definition) is 5. The highest BCUT2D eigenvalue weighted by Gasteiger charge is 2.08. The van der Waals surface area contributed by atoms with Crippen LogP contribution in [0.1, 0.15) is 18.4 Å². The minimum atomic E-state index is -0.358. The van der Waals surface area contributed by atoms with Gasteiger partial charge in [-0.2, -0.15) is 0 Å². The van der Waals surface area contributed by atoms with E-state index in [1.54, 1.807) is 12.1 Å². The van der Waals surface area contributed by atoms with Crippen LogP contribution in [0.3, 0.4) is 0 Å². The van der Waals surface area contributed by atoms with Crippen LogP contribution in [0.15, 0.2) is 23.5 Å². The number of carbonyl (C=O) groups is 1. The third-order valence-electron chi connectivity index (χ3n) is 1.97. The molecule has 0 aliphatic rings. The van der Waals surface area contributed by atoms with Crippen molar-refractivity contribution in [2.75, 3.05) is 7.11 Å². The van der Waals surface area contributed by atoms with Crippen LogP contribution >= 0.6 is 11.6 Å². The van der Waals surface area contributed by atoms with E-state index < -0.39 is 0 Å². The molecule has 1 aromatic rings. The smallest absolute Gasteiger partial charge is 0.305 e. The number of aromatic nitrogens is 1. The van der Waals surface area contributed by atoms with Crippen molar-refractivity contribution in [1.29, 1.82) is 0 Å². The fourth-order valence-corrected chi connectivity index (χ4v) is 1.23. The van der Waals surface area contributed by atoms with Crippen molar-refractivity contribution in [3.05, 3.63) is 29.0 Å². The van der Waals surface area contributed by atoms with Gasteiger partial charge in [0.15, 0.2) is 0 Å². The van der Waals surface area contributed by atoms with Gasteiger partial charge < -0.3 is 9.94 Å². The summed E-state index contributed by atoms with van der Waals surface area (Å²) >= 11 is 5.62. The van der Waals surface area contributed by atoms with Crippen LogP contribution < -0.4 is 0 Å². The monoisotopic (exact) mass is 242 g/mol. The van der Waals surface area contributed by atoms with Crippen molar-refractivity contribution in [3.8, 4) is 0 Å². The second kappa shape index (κ2) is 6.07. The summed E-state index contributed by atoms with van der Waals surface area (Å²) in [6, 6.07) is 3.25. The van der Waals surface area contributed by atoms with E-state index in [9.17, 15) is 4.79 Å². The summed E-state index contributed by atoms with van der Waals surface area (Å²) in [5.41, 5.74) is 0.991. The minimum absolute atomic E-state index is 0.151. The Kier molecular flexibility index (Phi) is 4.72. The first-order valence-corrected chi connectivity index (χ1v) is 4.95. The highest BCUT2D eigenvalue weighted by atomic mass is 35.5. The first-order valence-electron chi connectivity index (χ1n) is 4.57.